The van der Waals surface area contributed by atoms with Gasteiger partial charge in [0.2, 0.25) is 5.91 Å². The van der Waals surface area contributed by atoms with Crippen LogP contribution in [0, 0.1) is 5.92 Å². The molecule has 1 rings (SSSR count). The van der Waals surface area contributed by atoms with Crippen molar-refractivity contribution in [2.45, 2.75) is 20.8 Å². The van der Waals surface area contributed by atoms with Crippen LogP contribution in [0.2, 0.25) is 0 Å². The predicted molar refractivity (Wildman–Crippen MR) is 79.1 cm³/mol. The molecule has 1 aromatic carbocycles. The van der Waals surface area contributed by atoms with Gasteiger partial charge in [0.15, 0.2) is 0 Å². The van der Waals surface area contributed by atoms with Crippen molar-refractivity contribution in [2.24, 2.45) is 5.92 Å². The van der Waals surface area contributed by atoms with E-state index in [9.17, 15) is 14.4 Å². The van der Waals surface area contributed by atoms with Crippen LogP contribution in [-0.4, -0.2) is 40.9 Å². The monoisotopic (exact) mass is 292 g/mol. The second kappa shape index (κ2) is 7.42. The minimum atomic E-state index is -0.928. The number of carboxylic acid groups (broad SMARTS) is 1. The fraction of sp³-hybridized carbons (Fsp3) is 0.400. The van der Waals surface area contributed by atoms with Gasteiger partial charge in [-0.25, -0.2) is 0 Å². The minimum Gasteiger partial charge on any atom is -0.481 e. The van der Waals surface area contributed by atoms with E-state index < -0.39 is 11.9 Å². The second-order valence-corrected chi connectivity index (χ2v) is 4.84. The van der Waals surface area contributed by atoms with Crippen LogP contribution in [-0.2, 0) is 9.59 Å². The zero-order chi connectivity index (χ0) is 16.0. The number of hydrogen-bond acceptors (Lipinski definition) is 3. The Labute approximate surface area is 123 Å². The number of amides is 2. The van der Waals surface area contributed by atoms with Crippen molar-refractivity contribution in [3.63, 3.8) is 0 Å². The first-order valence-corrected chi connectivity index (χ1v) is 6.74. The van der Waals surface area contributed by atoms with Crippen molar-refractivity contribution in [2.75, 3.05) is 18.4 Å². The maximum atomic E-state index is 12.3. The Morgan fingerprint density at radius 1 is 1.24 bits per heavy atom. The van der Waals surface area contributed by atoms with Gasteiger partial charge >= 0.3 is 5.97 Å². The molecule has 0 heterocycles. The lowest BCUT2D eigenvalue weighted by Gasteiger charge is -2.23. The van der Waals surface area contributed by atoms with Gasteiger partial charge in [-0.3, -0.25) is 14.4 Å². The molecule has 1 atom stereocenters. The summed E-state index contributed by atoms with van der Waals surface area (Å²) in [5, 5.41) is 11.5. The van der Waals surface area contributed by atoms with Gasteiger partial charge in [-0.15, -0.1) is 0 Å². The first-order valence-electron chi connectivity index (χ1n) is 6.74. The van der Waals surface area contributed by atoms with E-state index >= 15 is 0 Å². The lowest BCUT2D eigenvalue weighted by molar-refractivity contribution is -0.141. The first-order chi connectivity index (χ1) is 9.85. The summed E-state index contributed by atoms with van der Waals surface area (Å²) in [4.78, 5) is 35.6. The number of benzene rings is 1. The normalized spacial score (nSPS) is 11.6. The molecule has 114 valence electrons. The number of nitrogens with zero attached hydrogens (tertiary/aromatic N) is 1. The smallest absolute Gasteiger partial charge is 0.308 e. The Morgan fingerprint density at radius 3 is 2.24 bits per heavy atom. The van der Waals surface area contributed by atoms with Gasteiger partial charge in [-0.2, -0.15) is 0 Å². The van der Waals surface area contributed by atoms with Crippen molar-refractivity contribution in [1.82, 2.24) is 4.90 Å². The van der Waals surface area contributed by atoms with Crippen molar-refractivity contribution < 1.29 is 19.5 Å². The highest BCUT2D eigenvalue weighted by atomic mass is 16.4. The Balaban J connectivity index is 2.80. The van der Waals surface area contributed by atoms with E-state index in [0.717, 1.165) is 0 Å². The number of anilines is 1. The Kier molecular flexibility index (Phi) is 5.90. The van der Waals surface area contributed by atoms with E-state index in [0.29, 0.717) is 17.8 Å². The van der Waals surface area contributed by atoms with Crippen LogP contribution < -0.4 is 5.32 Å². The van der Waals surface area contributed by atoms with Crippen molar-refractivity contribution in [3.8, 4) is 0 Å². The van der Waals surface area contributed by atoms with Crippen molar-refractivity contribution in [1.29, 1.82) is 0 Å². The average molecular weight is 292 g/mol. The lowest BCUT2D eigenvalue weighted by atomic mass is 10.1. The zero-order valence-electron chi connectivity index (χ0n) is 12.4. The molecular formula is C15H20N2O4. The van der Waals surface area contributed by atoms with E-state index in [-0.39, 0.29) is 18.4 Å². The molecule has 6 nitrogen and oxygen atoms in total. The number of carbonyl (C=O) groups excluding carboxylic acids is 2. The van der Waals surface area contributed by atoms with Crippen LogP contribution in [0.25, 0.3) is 0 Å². The van der Waals surface area contributed by atoms with Gasteiger partial charge in [0.25, 0.3) is 5.91 Å². The topological polar surface area (TPSA) is 86.7 Å². The largest absolute Gasteiger partial charge is 0.481 e. The zero-order valence-corrected chi connectivity index (χ0v) is 12.4. The minimum absolute atomic E-state index is 0.165. The molecule has 0 aromatic heterocycles. The average Bonchev–Trinajstić information content (AvgIpc) is 2.43. The van der Waals surface area contributed by atoms with Gasteiger partial charge in [0.05, 0.1) is 5.92 Å². The summed E-state index contributed by atoms with van der Waals surface area (Å²) < 4.78 is 0. The lowest BCUT2D eigenvalue weighted by Crippen LogP contribution is -2.36. The summed E-state index contributed by atoms with van der Waals surface area (Å²) in [5.74, 6) is -1.95. The van der Waals surface area contributed by atoms with Crippen LogP contribution in [0.4, 0.5) is 5.69 Å². The quantitative estimate of drug-likeness (QED) is 0.837. The molecule has 0 saturated heterocycles. The highest BCUT2D eigenvalue weighted by Crippen LogP contribution is 2.13. The van der Waals surface area contributed by atoms with Crippen LogP contribution >= 0.6 is 0 Å². The highest BCUT2D eigenvalue weighted by Gasteiger charge is 2.20. The molecule has 0 spiro atoms. The summed E-state index contributed by atoms with van der Waals surface area (Å²) in [5.41, 5.74) is 1.07. The number of carbonyl (C=O) groups is 3. The SMILES string of the molecule is CCN(CC(C)C(=O)O)C(=O)c1ccc(NC(C)=O)cc1. The van der Waals surface area contributed by atoms with Crippen LogP contribution in [0.3, 0.4) is 0 Å². The standard InChI is InChI=1S/C15H20N2O4/c1-4-17(9-10(2)15(20)21)14(19)12-5-7-13(8-6-12)16-11(3)18/h5-8,10H,4,9H2,1-3H3,(H,16,18)(H,20,21). The molecule has 1 unspecified atom stereocenters. The first kappa shape index (κ1) is 16.7. The molecule has 2 amide bonds. The summed E-state index contributed by atoms with van der Waals surface area (Å²) in [6.07, 6.45) is 0. The Bertz CT molecular complexity index is 525. The number of carboxylic acids is 1. The number of aliphatic carboxylic acids is 1. The van der Waals surface area contributed by atoms with Crippen LogP contribution in [0.1, 0.15) is 31.1 Å². The Morgan fingerprint density at radius 2 is 1.81 bits per heavy atom. The maximum absolute atomic E-state index is 12.3. The van der Waals surface area contributed by atoms with Gasteiger partial charge in [-0.05, 0) is 31.2 Å². The molecule has 0 radical (unpaired) electrons. The number of nitrogens with one attached hydrogen (secondary N) is 1. The van der Waals surface area contributed by atoms with Gasteiger partial charge in [0, 0.05) is 31.3 Å². The Hall–Kier alpha value is -2.37. The molecule has 0 fully saturated rings. The molecule has 6 heteroatoms. The van der Waals surface area contributed by atoms with E-state index in [1.54, 1.807) is 38.1 Å². The number of rotatable bonds is 6. The van der Waals surface area contributed by atoms with Gasteiger partial charge in [-0.1, -0.05) is 6.92 Å². The van der Waals surface area contributed by atoms with Crippen LogP contribution in [0.15, 0.2) is 24.3 Å². The third-order valence-corrected chi connectivity index (χ3v) is 3.04. The van der Waals surface area contributed by atoms with Gasteiger partial charge < -0.3 is 15.3 Å². The summed E-state index contributed by atoms with van der Waals surface area (Å²) in [6.45, 7) is 5.38. The van der Waals surface area contributed by atoms with Crippen molar-refractivity contribution >= 4 is 23.5 Å². The third kappa shape index (κ3) is 4.91. The molecule has 0 aliphatic heterocycles. The second-order valence-electron chi connectivity index (χ2n) is 4.84. The molecule has 0 saturated carbocycles. The van der Waals surface area contributed by atoms with E-state index in [1.807, 2.05) is 0 Å². The van der Waals surface area contributed by atoms with E-state index in [4.69, 9.17) is 5.11 Å². The molecule has 0 aliphatic carbocycles. The fourth-order valence-corrected chi connectivity index (χ4v) is 1.85. The van der Waals surface area contributed by atoms with E-state index in [1.165, 1.54) is 11.8 Å². The van der Waals surface area contributed by atoms with Crippen molar-refractivity contribution in [3.05, 3.63) is 29.8 Å². The third-order valence-electron chi connectivity index (χ3n) is 3.04. The molecule has 0 aliphatic rings. The highest BCUT2D eigenvalue weighted by molar-refractivity contribution is 5.95. The fourth-order valence-electron chi connectivity index (χ4n) is 1.85. The predicted octanol–water partition coefficient (Wildman–Crippen LogP) is 1.83. The maximum Gasteiger partial charge on any atom is 0.308 e. The van der Waals surface area contributed by atoms with E-state index in [2.05, 4.69) is 5.32 Å². The molecular weight excluding hydrogens is 272 g/mol. The molecule has 0 bridgehead atoms. The molecule has 2 N–H and O–H groups in total. The van der Waals surface area contributed by atoms with Crippen LogP contribution in [0.5, 0.6) is 0 Å². The summed E-state index contributed by atoms with van der Waals surface area (Å²) in [6, 6.07) is 6.51. The number of hydrogen-bond donors (Lipinski definition) is 2. The summed E-state index contributed by atoms with van der Waals surface area (Å²) >= 11 is 0. The molecule has 1 aromatic rings. The molecule has 21 heavy (non-hydrogen) atoms. The summed E-state index contributed by atoms with van der Waals surface area (Å²) in [7, 11) is 0. The van der Waals surface area contributed by atoms with Gasteiger partial charge in [0.1, 0.15) is 0 Å².